The van der Waals surface area contributed by atoms with E-state index in [0.29, 0.717) is 35.0 Å². The van der Waals surface area contributed by atoms with Crippen LogP contribution in [0, 0.1) is 34.1 Å². The molecule has 0 aromatic heterocycles. The Kier molecular flexibility index (Phi) is 8.53. The van der Waals surface area contributed by atoms with Crippen LogP contribution in [0.2, 0.25) is 0 Å². The second-order valence-corrected chi connectivity index (χ2v) is 9.69. The fourth-order valence-electron chi connectivity index (χ4n) is 5.83. The molecular formula is C28H33NSTi. The van der Waals surface area contributed by atoms with E-state index in [2.05, 4.69) is 85.5 Å². The molecular weight excluding hydrogens is 430 g/mol. The van der Waals surface area contributed by atoms with Gasteiger partial charge in [0.25, 0.3) is 0 Å². The van der Waals surface area contributed by atoms with Crippen LogP contribution in [-0.4, -0.2) is 11.3 Å². The first-order valence-electron chi connectivity index (χ1n) is 10.2. The van der Waals surface area contributed by atoms with E-state index < -0.39 is 0 Å². The Morgan fingerprint density at radius 1 is 0.839 bits per heavy atom. The minimum atomic E-state index is 0. The summed E-state index contributed by atoms with van der Waals surface area (Å²) in [6.45, 7) is 2.27. The summed E-state index contributed by atoms with van der Waals surface area (Å²) in [5.41, 5.74) is 5.85. The quantitative estimate of drug-likeness (QED) is 0.308. The molecule has 4 aliphatic rings. The first kappa shape index (κ1) is 26.0. The van der Waals surface area contributed by atoms with Crippen LogP contribution < -0.4 is 0 Å². The molecule has 6 rings (SSSR count). The van der Waals surface area contributed by atoms with E-state index >= 15 is 0 Å². The summed E-state index contributed by atoms with van der Waals surface area (Å²) in [6, 6.07) is 16.5. The van der Waals surface area contributed by atoms with Gasteiger partial charge in [-0.3, -0.25) is 0 Å². The SMILES string of the molecule is CC1CCc2cccc(C3C4C=CC=CC4C4c5ccccc5SC43)c2[N-]1.[CH3-].[CH3-].[CH3-].[Ti+4]. The van der Waals surface area contributed by atoms with E-state index in [4.69, 9.17) is 5.32 Å². The number of nitrogens with zero attached hydrogens (tertiary/aromatic N) is 1. The molecule has 1 saturated carbocycles. The van der Waals surface area contributed by atoms with Gasteiger partial charge in [0.15, 0.2) is 0 Å². The Balaban J connectivity index is 0.000000853. The van der Waals surface area contributed by atoms with Crippen LogP contribution in [0.15, 0.2) is 71.7 Å². The number of thioether (sulfide) groups is 1. The monoisotopic (exact) mass is 463 g/mol. The zero-order chi connectivity index (χ0) is 18.0. The van der Waals surface area contributed by atoms with E-state index in [1.54, 1.807) is 5.56 Å². The third kappa shape index (κ3) is 4.01. The Morgan fingerprint density at radius 3 is 2.23 bits per heavy atom. The first-order valence-corrected chi connectivity index (χ1v) is 11.1. The number of benzene rings is 2. The minimum absolute atomic E-state index is 0. The second kappa shape index (κ2) is 10.2. The fraction of sp³-hybridized carbons (Fsp3) is 0.321. The third-order valence-electron chi connectivity index (χ3n) is 6.99. The normalized spacial score (nSPS) is 30.6. The van der Waals surface area contributed by atoms with E-state index in [-0.39, 0.29) is 44.0 Å². The number of aryl methyl sites for hydroxylation is 1. The van der Waals surface area contributed by atoms with Crippen LogP contribution in [0.1, 0.15) is 41.9 Å². The molecule has 1 fully saturated rings. The Bertz CT molecular complexity index is 965. The third-order valence-corrected chi connectivity index (χ3v) is 8.48. The summed E-state index contributed by atoms with van der Waals surface area (Å²) in [5, 5.41) is 5.75. The topological polar surface area (TPSA) is 14.1 Å². The van der Waals surface area contributed by atoms with Gasteiger partial charge in [-0.2, -0.15) is 0 Å². The Labute approximate surface area is 209 Å². The number of hydrogen-bond acceptors (Lipinski definition) is 1. The predicted molar refractivity (Wildman–Crippen MR) is 133 cm³/mol. The molecule has 2 heterocycles. The van der Waals surface area contributed by atoms with Crippen molar-refractivity contribution in [3.05, 3.63) is 111 Å². The Hall–Kier alpha value is -1.22. The van der Waals surface area contributed by atoms with Crippen LogP contribution >= 0.6 is 11.8 Å². The summed E-state index contributed by atoms with van der Waals surface area (Å²) in [5.74, 6) is 2.37. The number of allylic oxidation sites excluding steroid dienone is 4. The molecule has 31 heavy (non-hydrogen) atoms. The van der Waals surface area contributed by atoms with Gasteiger partial charge in [-0.05, 0) is 29.9 Å². The molecule has 0 amide bonds. The summed E-state index contributed by atoms with van der Waals surface area (Å²) < 4.78 is 0. The van der Waals surface area contributed by atoms with Crippen LogP contribution in [0.5, 0.6) is 0 Å². The van der Waals surface area contributed by atoms with Crippen molar-refractivity contribution in [2.45, 2.75) is 47.8 Å². The van der Waals surface area contributed by atoms with Gasteiger partial charge in [-0.1, -0.05) is 85.2 Å². The average molecular weight is 464 g/mol. The number of rotatable bonds is 1. The molecule has 2 aliphatic carbocycles. The summed E-state index contributed by atoms with van der Waals surface area (Å²) >= 11 is 2.12. The summed E-state index contributed by atoms with van der Waals surface area (Å²) in [7, 11) is 0. The second-order valence-electron chi connectivity index (χ2n) is 8.47. The van der Waals surface area contributed by atoms with Crippen LogP contribution in [0.3, 0.4) is 0 Å². The van der Waals surface area contributed by atoms with Gasteiger partial charge in [0.1, 0.15) is 0 Å². The molecule has 160 valence electrons. The summed E-state index contributed by atoms with van der Waals surface area (Å²) in [4.78, 5) is 1.49. The van der Waals surface area contributed by atoms with Gasteiger partial charge in [0.2, 0.25) is 0 Å². The molecule has 2 aliphatic heterocycles. The first-order chi connectivity index (χ1) is 13.3. The fourth-order valence-corrected chi connectivity index (χ4v) is 7.57. The molecule has 6 unspecified atom stereocenters. The number of hydrogen-bond donors (Lipinski definition) is 0. The molecule has 0 N–H and O–H groups in total. The van der Waals surface area contributed by atoms with Gasteiger partial charge < -0.3 is 27.6 Å². The van der Waals surface area contributed by atoms with E-state index in [9.17, 15) is 0 Å². The van der Waals surface area contributed by atoms with Gasteiger partial charge in [-0.15, -0.1) is 23.5 Å². The predicted octanol–water partition coefficient (Wildman–Crippen LogP) is 8.09. The molecule has 0 spiro atoms. The van der Waals surface area contributed by atoms with E-state index in [1.165, 1.54) is 34.6 Å². The molecule has 1 nitrogen and oxygen atoms in total. The molecule has 0 bridgehead atoms. The maximum Gasteiger partial charge on any atom is 4.00 e. The molecule has 2 aromatic rings. The van der Waals surface area contributed by atoms with Crippen molar-refractivity contribution in [1.29, 1.82) is 0 Å². The zero-order valence-corrected chi connectivity index (χ0v) is 21.5. The van der Waals surface area contributed by atoms with Crippen LogP contribution in [0.4, 0.5) is 5.69 Å². The van der Waals surface area contributed by atoms with Crippen molar-refractivity contribution < 1.29 is 21.7 Å². The molecule has 2 aromatic carbocycles. The molecule has 0 radical (unpaired) electrons. The average Bonchev–Trinajstić information content (AvgIpc) is 3.22. The van der Waals surface area contributed by atoms with Crippen molar-refractivity contribution in [2.75, 3.05) is 0 Å². The van der Waals surface area contributed by atoms with Crippen molar-refractivity contribution >= 4 is 17.4 Å². The van der Waals surface area contributed by atoms with Crippen LogP contribution in [-0.2, 0) is 28.1 Å². The smallest absolute Gasteiger partial charge is 0.681 e. The number of para-hydroxylation sites is 1. The zero-order valence-electron chi connectivity index (χ0n) is 19.1. The van der Waals surface area contributed by atoms with Gasteiger partial charge in [0.05, 0.1) is 0 Å². The molecule has 3 heteroatoms. The van der Waals surface area contributed by atoms with Crippen molar-refractivity contribution in [3.8, 4) is 0 Å². The van der Waals surface area contributed by atoms with E-state index in [0.717, 1.165) is 0 Å². The summed E-state index contributed by atoms with van der Waals surface area (Å²) in [6.07, 6.45) is 11.8. The molecule has 6 atom stereocenters. The number of fused-ring (bicyclic) bond motifs is 6. The van der Waals surface area contributed by atoms with Crippen molar-refractivity contribution in [2.24, 2.45) is 11.8 Å². The van der Waals surface area contributed by atoms with Gasteiger partial charge in [0, 0.05) is 22.0 Å². The van der Waals surface area contributed by atoms with Crippen molar-refractivity contribution in [1.82, 2.24) is 0 Å². The maximum atomic E-state index is 5.14. The standard InChI is InChI=1S/C25H24NS.3CH3.Ti/c1-15-13-14-16-7-6-11-20(24(16)26-15)23-18-9-3-2-8-17(18)22-19-10-4-5-12-21(19)27-25(22)23;;;;/h2-12,15,17-18,22-23,25H,13-14H2,1H3;3*1H3;/q4*-1;+4. The maximum absolute atomic E-state index is 5.14. The van der Waals surface area contributed by atoms with Crippen LogP contribution in [0.25, 0.3) is 5.32 Å². The minimum Gasteiger partial charge on any atom is -0.681 e. The van der Waals surface area contributed by atoms with Crippen molar-refractivity contribution in [3.63, 3.8) is 0 Å². The molecule has 0 saturated heterocycles. The Morgan fingerprint density at radius 2 is 1.48 bits per heavy atom. The van der Waals surface area contributed by atoms with E-state index in [1.807, 2.05) is 0 Å². The largest absolute Gasteiger partial charge is 4.00 e. The van der Waals surface area contributed by atoms with Gasteiger partial charge >= 0.3 is 21.7 Å². The van der Waals surface area contributed by atoms with Gasteiger partial charge in [-0.25, -0.2) is 0 Å².